The van der Waals surface area contributed by atoms with Crippen molar-refractivity contribution in [3.63, 3.8) is 0 Å². The van der Waals surface area contributed by atoms with Gasteiger partial charge >= 0.3 is 11.9 Å². The van der Waals surface area contributed by atoms with Crippen LogP contribution in [-0.2, 0) is 19.1 Å². The van der Waals surface area contributed by atoms with E-state index in [0.717, 1.165) is 0 Å². The van der Waals surface area contributed by atoms with Crippen molar-refractivity contribution in [1.82, 2.24) is 5.32 Å². The van der Waals surface area contributed by atoms with Crippen LogP contribution in [0.1, 0.15) is 33.6 Å². The summed E-state index contributed by atoms with van der Waals surface area (Å²) in [5.74, 6) is -1.21. The van der Waals surface area contributed by atoms with Gasteiger partial charge in [0.15, 0.2) is 0 Å². The Morgan fingerprint density at radius 3 is 2.32 bits per heavy atom. The van der Waals surface area contributed by atoms with E-state index in [2.05, 4.69) is 10.1 Å². The van der Waals surface area contributed by atoms with Crippen LogP contribution in [0.3, 0.4) is 0 Å². The fourth-order valence-corrected chi connectivity index (χ4v) is 1.68. The van der Waals surface area contributed by atoms with E-state index in [1.54, 1.807) is 0 Å². The van der Waals surface area contributed by atoms with Crippen molar-refractivity contribution < 1.29 is 24.2 Å². The summed E-state index contributed by atoms with van der Waals surface area (Å²) >= 11 is 0. The molecule has 0 heterocycles. The highest BCUT2D eigenvalue weighted by molar-refractivity contribution is 5.74. The lowest BCUT2D eigenvalue weighted by Crippen LogP contribution is -2.44. The second-order valence-corrected chi connectivity index (χ2v) is 4.67. The molecule has 0 aliphatic carbocycles. The standard InChI is InChI=1S/C13H25NO5/c1-5-13(6-2,12(16)17)9-14-10(3)7-19-8-11(15)18-4/h10,14H,5-9H2,1-4H3,(H,16,17). The fraction of sp³-hybridized carbons (Fsp3) is 0.846. The molecule has 1 atom stereocenters. The number of carboxylic acid groups (broad SMARTS) is 1. The normalized spacial score (nSPS) is 13.1. The van der Waals surface area contributed by atoms with E-state index in [4.69, 9.17) is 4.74 Å². The molecule has 0 saturated heterocycles. The monoisotopic (exact) mass is 275 g/mol. The van der Waals surface area contributed by atoms with Crippen molar-refractivity contribution in [2.45, 2.75) is 39.7 Å². The number of carbonyl (C=O) groups is 2. The number of nitrogens with one attached hydrogen (secondary N) is 1. The predicted octanol–water partition coefficient (Wildman–Crippen LogP) is 1.05. The van der Waals surface area contributed by atoms with Crippen LogP contribution in [0, 0.1) is 5.41 Å². The zero-order valence-electron chi connectivity index (χ0n) is 12.2. The molecule has 6 heteroatoms. The molecule has 0 spiro atoms. The van der Waals surface area contributed by atoms with Gasteiger partial charge in [-0.2, -0.15) is 0 Å². The molecule has 112 valence electrons. The SMILES string of the molecule is CCC(CC)(CNC(C)COCC(=O)OC)C(=O)O. The lowest BCUT2D eigenvalue weighted by Gasteiger charge is -2.28. The van der Waals surface area contributed by atoms with Crippen molar-refractivity contribution >= 4 is 11.9 Å². The van der Waals surface area contributed by atoms with Gasteiger partial charge in [-0.15, -0.1) is 0 Å². The number of hydrogen-bond donors (Lipinski definition) is 2. The molecule has 0 aromatic rings. The lowest BCUT2D eigenvalue weighted by atomic mass is 9.82. The molecule has 0 aromatic heterocycles. The van der Waals surface area contributed by atoms with Crippen molar-refractivity contribution in [2.24, 2.45) is 5.41 Å². The molecule has 19 heavy (non-hydrogen) atoms. The molecule has 6 nitrogen and oxygen atoms in total. The van der Waals surface area contributed by atoms with E-state index < -0.39 is 17.4 Å². The molecule has 2 N–H and O–H groups in total. The zero-order chi connectivity index (χ0) is 14.9. The van der Waals surface area contributed by atoms with Gasteiger partial charge in [-0.3, -0.25) is 4.79 Å². The minimum Gasteiger partial charge on any atom is -0.481 e. The number of methoxy groups -OCH3 is 1. The number of carbonyl (C=O) groups excluding carboxylic acids is 1. The first-order chi connectivity index (χ1) is 8.91. The van der Waals surface area contributed by atoms with Crippen LogP contribution < -0.4 is 5.32 Å². The Bertz CT molecular complexity index is 289. The quantitative estimate of drug-likeness (QED) is 0.580. The van der Waals surface area contributed by atoms with Gasteiger partial charge in [-0.05, 0) is 19.8 Å². The Labute approximate surface area is 114 Å². The summed E-state index contributed by atoms with van der Waals surface area (Å²) in [7, 11) is 1.30. The summed E-state index contributed by atoms with van der Waals surface area (Å²) in [6.45, 7) is 6.26. The molecule has 0 aliphatic rings. The van der Waals surface area contributed by atoms with Gasteiger partial charge in [0.2, 0.25) is 0 Å². The summed E-state index contributed by atoms with van der Waals surface area (Å²) in [4.78, 5) is 22.2. The average molecular weight is 275 g/mol. The highest BCUT2D eigenvalue weighted by atomic mass is 16.6. The maximum absolute atomic E-state index is 11.3. The number of esters is 1. The Morgan fingerprint density at radius 1 is 1.32 bits per heavy atom. The Hall–Kier alpha value is -1.14. The molecule has 0 fully saturated rings. The van der Waals surface area contributed by atoms with Crippen LogP contribution in [0.2, 0.25) is 0 Å². The Kier molecular flexibility index (Phi) is 8.34. The minimum atomic E-state index is -0.785. The van der Waals surface area contributed by atoms with Crippen LogP contribution in [0.15, 0.2) is 0 Å². The highest BCUT2D eigenvalue weighted by Gasteiger charge is 2.34. The summed E-state index contributed by atoms with van der Waals surface area (Å²) < 4.78 is 9.61. The summed E-state index contributed by atoms with van der Waals surface area (Å²) in [5, 5.41) is 12.4. The zero-order valence-corrected chi connectivity index (χ0v) is 12.2. The summed E-state index contributed by atoms with van der Waals surface area (Å²) in [5.41, 5.74) is -0.739. The van der Waals surface area contributed by atoms with Gasteiger partial charge in [0.05, 0.1) is 19.1 Å². The van der Waals surface area contributed by atoms with Gasteiger partial charge in [0, 0.05) is 12.6 Å². The first-order valence-corrected chi connectivity index (χ1v) is 6.53. The van der Waals surface area contributed by atoms with Crippen molar-refractivity contribution in [2.75, 3.05) is 26.9 Å². The molecule has 0 bridgehead atoms. The number of ether oxygens (including phenoxy) is 2. The maximum Gasteiger partial charge on any atom is 0.331 e. The smallest absolute Gasteiger partial charge is 0.331 e. The number of carboxylic acids is 1. The maximum atomic E-state index is 11.3. The van der Waals surface area contributed by atoms with Crippen molar-refractivity contribution in [1.29, 1.82) is 0 Å². The summed E-state index contributed by atoms with van der Waals surface area (Å²) in [6, 6.07) is -0.0264. The van der Waals surface area contributed by atoms with E-state index >= 15 is 0 Å². The topological polar surface area (TPSA) is 84.9 Å². The van der Waals surface area contributed by atoms with Crippen molar-refractivity contribution in [3.05, 3.63) is 0 Å². The molecular formula is C13H25NO5. The molecular weight excluding hydrogens is 250 g/mol. The number of hydrogen-bond acceptors (Lipinski definition) is 5. The number of rotatable bonds is 10. The lowest BCUT2D eigenvalue weighted by molar-refractivity contribution is -0.149. The predicted molar refractivity (Wildman–Crippen MR) is 71.0 cm³/mol. The van der Waals surface area contributed by atoms with Gasteiger partial charge in [-0.1, -0.05) is 13.8 Å². The van der Waals surface area contributed by atoms with Gasteiger partial charge in [-0.25, -0.2) is 4.79 Å². The number of aliphatic carboxylic acids is 1. The van der Waals surface area contributed by atoms with Gasteiger partial charge in [0.1, 0.15) is 6.61 Å². The van der Waals surface area contributed by atoms with E-state index in [0.29, 0.717) is 26.0 Å². The third-order valence-electron chi connectivity index (χ3n) is 3.41. The Morgan fingerprint density at radius 2 is 1.89 bits per heavy atom. The second-order valence-electron chi connectivity index (χ2n) is 4.67. The van der Waals surface area contributed by atoms with Gasteiger partial charge in [0.25, 0.3) is 0 Å². The fourth-order valence-electron chi connectivity index (χ4n) is 1.68. The van der Waals surface area contributed by atoms with E-state index in [1.807, 2.05) is 20.8 Å². The van der Waals surface area contributed by atoms with E-state index in [9.17, 15) is 14.7 Å². The molecule has 0 aliphatic heterocycles. The molecule has 0 radical (unpaired) electrons. The van der Waals surface area contributed by atoms with Crippen LogP contribution in [0.4, 0.5) is 0 Å². The first kappa shape index (κ1) is 17.9. The Balaban J connectivity index is 4.09. The average Bonchev–Trinajstić information content (AvgIpc) is 2.39. The van der Waals surface area contributed by atoms with Gasteiger partial charge < -0.3 is 19.9 Å². The molecule has 0 rings (SSSR count). The third-order valence-corrected chi connectivity index (χ3v) is 3.41. The van der Waals surface area contributed by atoms with Crippen LogP contribution >= 0.6 is 0 Å². The third kappa shape index (κ3) is 6.02. The van der Waals surface area contributed by atoms with E-state index in [-0.39, 0.29) is 12.6 Å². The van der Waals surface area contributed by atoms with Crippen LogP contribution in [0.5, 0.6) is 0 Å². The second kappa shape index (κ2) is 8.87. The summed E-state index contributed by atoms with van der Waals surface area (Å²) in [6.07, 6.45) is 1.14. The highest BCUT2D eigenvalue weighted by Crippen LogP contribution is 2.25. The minimum absolute atomic E-state index is 0.0264. The largest absolute Gasteiger partial charge is 0.481 e. The van der Waals surface area contributed by atoms with Crippen LogP contribution in [0.25, 0.3) is 0 Å². The molecule has 0 aromatic carbocycles. The molecule has 0 amide bonds. The van der Waals surface area contributed by atoms with Crippen molar-refractivity contribution in [3.8, 4) is 0 Å². The van der Waals surface area contributed by atoms with Crippen LogP contribution in [-0.4, -0.2) is 50.0 Å². The molecule has 0 saturated carbocycles. The first-order valence-electron chi connectivity index (χ1n) is 6.53. The van der Waals surface area contributed by atoms with E-state index in [1.165, 1.54) is 7.11 Å². The molecule has 1 unspecified atom stereocenters.